The van der Waals surface area contributed by atoms with Crippen molar-refractivity contribution in [2.45, 2.75) is 20.3 Å². The summed E-state index contributed by atoms with van der Waals surface area (Å²) in [6.07, 6.45) is 5.17. The molecule has 94 valence electrons. The number of nitrogens with zero attached hydrogens (tertiary/aromatic N) is 2. The van der Waals surface area contributed by atoms with Gasteiger partial charge in [-0.2, -0.15) is 0 Å². The van der Waals surface area contributed by atoms with Gasteiger partial charge in [0.2, 0.25) is 0 Å². The molecule has 1 aromatic heterocycles. The Morgan fingerprint density at radius 2 is 1.94 bits per heavy atom. The molecule has 0 aliphatic heterocycles. The number of rotatable bonds is 5. The fraction of sp³-hybridized carbons (Fsp3) is 0.286. The Morgan fingerprint density at radius 1 is 1.17 bits per heavy atom. The van der Waals surface area contributed by atoms with E-state index in [0.717, 1.165) is 27.7 Å². The van der Waals surface area contributed by atoms with E-state index in [0.29, 0.717) is 6.61 Å². The molecular formula is C14H16N2OS. The molecule has 0 saturated heterocycles. The van der Waals surface area contributed by atoms with E-state index in [1.807, 2.05) is 37.3 Å². The van der Waals surface area contributed by atoms with Gasteiger partial charge in [0, 0.05) is 5.56 Å². The number of benzene rings is 1. The predicted molar refractivity (Wildman–Crippen MR) is 75.0 cm³/mol. The first-order valence-corrected chi connectivity index (χ1v) is 6.79. The van der Waals surface area contributed by atoms with Crippen LogP contribution in [0.4, 0.5) is 0 Å². The molecular weight excluding hydrogens is 244 g/mol. The van der Waals surface area contributed by atoms with Crippen molar-refractivity contribution in [1.82, 2.24) is 10.2 Å². The number of hydrogen-bond donors (Lipinski definition) is 0. The van der Waals surface area contributed by atoms with Crippen molar-refractivity contribution in [1.29, 1.82) is 0 Å². The summed E-state index contributed by atoms with van der Waals surface area (Å²) in [6.45, 7) is 4.68. The van der Waals surface area contributed by atoms with Gasteiger partial charge >= 0.3 is 0 Å². The summed E-state index contributed by atoms with van der Waals surface area (Å²) in [5.74, 6) is 0.876. The maximum atomic E-state index is 5.58. The third kappa shape index (κ3) is 3.40. The Bertz CT molecular complexity index is 517. The summed E-state index contributed by atoms with van der Waals surface area (Å²) in [5, 5.41) is 10.1. The molecule has 0 bridgehead atoms. The van der Waals surface area contributed by atoms with Gasteiger partial charge in [0.25, 0.3) is 0 Å². The lowest BCUT2D eigenvalue weighted by atomic mass is 10.2. The maximum Gasteiger partial charge on any atom is 0.147 e. The van der Waals surface area contributed by atoms with Crippen LogP contribution < -0.4 is 4.74 Å². The Balaban J connectivity index is 1.99. The molecule has 1 aromatic carbocycles. The highest BCUT2D eigenvalue weighted by Gasteiger charge is 2.03. The molecule has 18 heavy (non-hydrogen) atoms. The van der Waals surface area contributed by atoms with E-state index in [9.17, 15) is 0 Å². The lowest BCUT2D eigenvalue weighted by molar-refractivity contribution is 0.362. The second kappa shape index (κ2) is 6.31. The van der Waals surface area contributed by atoms with E-state index < -0.39 is 0 Å². The average molecular weight is 260 g/mol. The first-order valence-electron chi connectivity index (χ1n) is 5.98. The number of ether oxygens (including phenoxy) is 1. The van der Waals surface area contributed by atoms with E-state index >= 15 is 0 Å². The van der Waals surface area contributed by atoms with Crippen LogP contribution in [0.5, 0.6) is 5.75 Å². The molecule has 0 spiro atoms. The first kappa shape index (κ1) is 12.8. The summed E-state index contributed by atoms with van der Waals surface area (Å²) >= 11 is 1.60. The molecule has 0 N–H and O–H groups in total. The Hall–Kier alpha value is -1.68. The topological polar surface area (TPSA) is 35.0 Å². The van der Waals surface area contributed by atoms with Crippen LogP contribution in [0, 0.1) is 6.92 Å². The van der Waals surface area contributed by atoms with Crippen molar-refractivity contribution in [3.8, 4) is 16.3 Å². The number of aromatic nitrogens is 2. The summed E-state index contributed by atoms with van der Waals surface area (Å²) in [6, 6.07) is 7.95. The molecule has 0 radical (unpaired) electrons. The first-order chi connectivity index (χ1) is 8.79. The molecule has 0 aliphatic carbocycles. The SMILES string of the molecule is CC/C=C/COc1ccc(-c2nnc(C)s2)cc1. The second-order valence-corrected chi connectivity index (χ2v) is 5.02. The zero-order valence-corrected chi connectivity index (χ0v) is 11.4. The summed E-state index contributed by atoms with van der Waals surface area (Å²) < 4.78 is 5.58. The molecule has 3 nitrogen and oxygen atoms in total. The van der Waals surface area contributed by atoms with Crippen molar-refractivity contribution in [2.75, 3.05) is 6.61 Å². The molecule has 0 unspecified atom stereocenters. The van der Waals surface area contributed by atoms with Crippen molar-refractivity contribution < 1.29 is 4.74 Å². The monoisotopic (exact) mass is 260 g/mol. The van der Waals surface area contributed by atoms with E-state index in [-0.39, 0.29) is 0 Å². The minimum Gasteiger partial charge on any atom is -0.490 e. The summed E-state index contributed by atoms with van der Waals surface area (Å²) in [5.41, 5.74) is 1.08. The Morgan fingerprint density at radius 3 is 2.56 bits per heavy atom. The van der Waals surface area contributed by atoms with Gasteiger partial charge in [-0.1, -0.05) is 30.4 Å². The lowest BCUT2D eigenvalue weighted by Crippen LogP contribution is -1.92. The molecule has 1 heterocycles. The average Bonchev–Trinajstić information content (AvgIpc) is 2.82. The summed E-state index contributed by atoms with van der Waals surface area (Å²) in [4.78, 5) is 0. The van der Waals surface area contributed by atoms with Crippen LogP contribution in [0.15, 0.2) is 36.4 Å². The smallest absolute Gasteiger partial charge is 0.147 e. The predicted octanol–water partition coefficient (Wildman–Crippen LogP) is 3.86. The highest BCUT2D eigenvalue weighted by atomic mass is 32.1. The minimum absolute atomic E-state index is 0.616. The maximum absolute atomic E-state index is 5.58. The second-order valence-electron chi connectivity index (χ2n) is 3.84. The minimum atomic E-state index is 0.616. The Kier molecular flexibility index (Phi) is 4.47. The van der Waals surface area contributed by atoms with Crippen LogP contribution in [0.25, 0.3) is 10.6 Å². The van der Waals surface area contributed by atoms with Crippen LogP contribution in [0.2, 0.25) is 0 Å². The van der Waals surface area contributed by atoms with Crippen molar-refractivity contribution in [2.24, 2.45) is 0 Å². The number of allylic oxidation sites excluding steroid dienone is 1. The largest absolute Gasteiger partial charge is 0.490 e. The van der Waals surface area contributed by atoms with E-state index in [4.69, 9.17) is 4.74 Å². The summed E-state index contributed by atoms with van der Waals surface area (Å²) in [7, 11) is 0. The molecule has 0 fully saturated rings. The fourth-order valence-corrected chi connectivity index (χ4v) is 2.18. The fourth-order valence-electron chi connectivity index (χ4n) is 1.49. The highest BCUT2D eigenvalue weighted by Crippen LogP contribution is 2.25. The van der Waals surface area contributed by atoms with Gasteiger partial charge in [0.1, 0.15) is 22.4 Å². The third-order valence-corrected chi connectivity index (χ3v) is 3.26. The number of hydrogen-bond acceptors (Lipinski definition) is 4. The van der Waals surface area contributed by atoms with Crippen LogP contribution in [-0.2, 0) is 0 Å². The van der Waals surface area contributed by atoms with Crippen LogP contribution in [-0.4, -0.2) is 16.8 Å². The van der Waals surface area contributed by atoms with Gasteiger partial charge in [-0.05, 0) is 37.6 Å². The quantitative estimate of drug-likeness (QED) is 0.766. The van der Waals surface area contributed by atoms with E-state index in [1.54, 1.807) is 11.3 Å². The van der Waals surface area contributed by atoms with Gasteiger partial charge in [-0.3, -0.25) is 0 Å². The zero-order chi connectivity index (χ0) is 12.8. The van der Waals surface area contributed by atoms with Crippen molar-refractivity contribution in [3.05, 3.63) is 41.4 Å². The van der Waals surface area contributed by atoms with Gasteiger partial charge < -0.3 is 4.74 Å². The molecule has 4 heteroatoms. The molecule has 0 aliphatic rings. The van der Waals surface area contributed by atoms with Crippen LogP contribution >= 0.6 is 11.3 Å². The Labute approximate surface area is 111 Å². The van der Waals surface area contributed by atoms with Crippen LogP contribution in [0.3, 0.4) is 0 Å². The molecule has 0 saturated carbocycles. The standard InChI is InChI=1S/C14H16N2OS/c1-3-4-5-10-17-13-8-6-12(7-9-13)14-16-15-11(2)18-14/h4-9H,3,10H2,1-2H3/b5-4+. The van der Waals surface area contributed by atoms with Gasteiger partial charge in [0.05, 0.1) is 0 Å². The van der Waals surface area contributed by atoms with Gasteiger partial charge in [-0.25, -0.2) is 0 Å². The van der Waals surface area contributed by atoms with Crippen LogP contribution in [0.1, 0.15) is 18.4 Å². The lowest BCUT2D eigenvalue weighted by Gasteiger charge is -2.03. The normalized spacial score (nSPS) is 11.0. The highest BCUT2D eigenvalue weighted by molar-refractivity contribution is 7.14. The molecule has 0 amide bonds. The van der Waals surface area contributed by atoms with E-state index in [2.05, 4.69) is 23.2 Å². The molecule has 0 atom stereocenters. The third-order valence-electron chi connectivity index (χ3n) is 2.38. The van der Waals surface area contributed by atoms with Crippen molar-refractivity contribution >= 4 is 11.3 Å². The van der Waals surface area contributed by atoms with E-state index in [1.165, 1.54) is 0 Å². The van der Waals surface area contributed by atoms with Crippen molar-refractivity contribution in [3.63, 3.8) is 0 Å². The van der Waals surface area contributed by atoms with Gasteiger partial charge in [-0.15, -0.1) is 10.2 Å². The number of aryl methyl sites for hydroxylation is 1. The van der Waals surface area contributed by atoms with Gasteiger partial charge in [0.15, 0.2) is 0 Å². The molecule has 2 rings (SSSR count). The molecule has 2 aromatic rings. The zero-order valence-electron chi connectivity index (χ0n) is 10.6.